The molecule has 3 atom stereocenters. The average molecular weight is 705 g/mol. The highest BCUT2D eigenvalue weighted by Crippen LogP contribution is 2.43. The van der Waals surface area contributed by atoms with Crippen molar-refractivity contribution in [2.75, 3.05) is 26.4 Å². The van der Waals surface area contributed by atoms with E-state index in [4.69, 9.17) is 19.1 Å². The van der Waals surface area contributed by atoms with Crippen LogP contribution in [0.3, 0.4) is 0 Å². The lowest BCUT2D eigenvalue weighted by Crippen LogP contribution is -2.29. The number of unbranched alkanes of at least 4 members (excludes halogenated alkanes) is 17. The molecule has 0 saturated heterocycles. The van der Waals surface area contributed by atoms with E-state index in [0.717, 1.165) is 32.1 Å². The fourth-order valence-electron chi connectivity index (χ4n) is 4.91. The van der Waals surface area contributed by atoms with Gasteiger partial charge >= 0.3 is 19.8 Å². The summed E-state index contributed by atoms with van der Waals surface area (Å²) in [5.41, 5.74) is 0. The maximum Gasteiger partial charge on any atom is 0.472 e. The van der Waals surface area contributed by atoms with Gasteiger partial charge in [0.05, 0.1) is 19.8 Å². The van der Waals surface area contributed by atoms with Crippen LogP contribution in [0.2, 0.25) is 0 Å². The standard InChI is InChI=1S/C37H69O10P/c1-3-5-7-9-11-13-14-15-16-17-18-19-20-21-23-25-27-29-37(41)47-35(33-46-48(42,43)45-31-34(39)30-38)32-44-36(40)28-26-24-22-12-10-8-6-4-2/h18-19,21,23,34-35,38-39H,3-17,20,22,24-33H2,1-2H3,(H,42,43)/b19-18+,23-21+/t34-,35+/m0/s1. The summed E-state index contributed by atoms with van der Waals surface area (Å²) in [7, 11) is -4.61. The number of allylic oxidation sites excluding steroid dienone is 4. The van der Waals surface area contributed by atoms with Crippen molar-refractivity contribution in [3.8, 4) is 0 Å². The molecule has 0 bridgehead atoms. The Kier molecular flexibility index (Phi) is 32.8. The molecule has 0 rings (SSSR count). The Bertz CT molecular complexity index is 863. The van der Waals surface area contributed by atoms with Crippen molar-refractivity contribution < 1.29 is 47.8 Å². The summed E-state index contributed by atoms with van der Waals surface area (Å²) in [5, 5.41) is 18.2. The van der Waals surface area contributed by atoms with E-state index in [-0.39, 0.29) is 19.4 Å². The fourth-order valence-corrected chi connectivity index (χ4v) is 5.70. The molecule has 0 heterocycles. The Hall–Kier alpha value is -1.55. The summed E-state index contributed by atoms with van der Waals surface area (Å²) in [6.45, 7) is 2.28. The van der Waals surface area contributed by atoms with Crippen molar-refractivity contribution in [1.82, 2.24) is 0 Å². The normalized spacial score (nSPS) is 14.4. The number of phosphoric acid groups is 1. The lowest BCUT2D eigenvalue weighted by molar-refractivity contribution is -0.161. The van der Waals surface area contributed by atoms with E-state index in [1.165, 1.54) is 83.5 Å². The van der Waals surface area contributed by atoms with Gasteiger partial charge in [-0.1, -0.05) is 134 Å². The van der Waals surface area contributed by atoms with Crippen molar-refractivity contribution in [1.29, 1.82) is 0 Å². The van der Waals surface area contributed by atoms with Crippen LogP contribution in [0.5, 0.6) is 0 Å². The van der Waals surface area contributed by atoms with E-state index in [2.05, 4.69) is 36.6 Å². The minimum atomic E-state index is -4.61. The lowest BCUT2D eigenvalue weighted by atomic mass is 10.1. The fraction of sp³-hybridized carbons (Fsp3) is 0.838. The number of hydrogen-bond acceptors (Lipinski definition) is 9. The molecule has 10 nitrogen and oxygen atoms in total. The van der Waals surface area contributed by atoms with Gasteiger partial charge in [-0.3, -0.25) is 18.6 Å². The summed E-state index contributed by atoms with van der Waals surface area (Å²) >= 11 is 0. The third-order valence-corrected chi connectivity index (χ3v) is 8.81. The summed E-state index contributed by atoms with van der Waals surface area (Å²) in [5.74, 6) is -0.981. The van der Waals surface area contributed by atoms with Crippen LogP contribution < -0.4 is 0 Å². The van der Waals surface area contributed by atoms with Crippen LogP contribution in [0.25, 0.3) is 0 Å². The summed E-state index contributed by atoms with van der Waals surface area (Å²) in [4.78, 5) is 34.6. The Morgan fingerprint density at radius 1 is 0.625 bits per heavy atom. The molecule has 3 N–H and O–H groups in total. The Morgan fingerprint density at radius 2 is 1.10 bits per heavy atom. The van der Waals surface area contributed by atoms with Gasteiger partial charge in [0.2, 0.25) is 0 Å². The molecule has 0 radical (unpaired) electrons. The highest BCUT2D eigenvalue weighted by atomic mass is 31.2. The minimum absolute atomic E-state index is 0.122. The average Bonchev–Trinajstić information content (AvgIpc) is 3.07. The van der Waals surface area contributed by atoms with Crippen LogP contribution in [0.15, 0.2) is 24.3 Å². The molecule has 0 aliphatic carbocycles. The molecular weight excluding hydrogens is 635 g/mol. The van der Waals surface area contributed by atoms with Gasteiger partial charge in [-0.25, -0.2) is 4.57 Å². The Morgan fingerprint density at radius 3 is 1.67 bits per heavy atom. The molecule has 0 saturated carbocycles. The molecular formula is C37H69O10P. The molecule has 282 valence electrons. The maximum atomic E-state index is 12.5. The smallest absolute Gasteiger partial charge is 0.462 e. The van der Waals surface area contributed by atoms with E-state index in [9.17, 15) is 24.2 Å². The zero-order chi connectivity index (χ0) is 35.6. The topological polar surface area (TPSA) is 149 Å². The van der Waals surface area contributed by atoms with Crippen molar-refractivity contribution in [2.45, 2.75) is 174 Å². The molecule has 0 aliphatic heterocycles. The molecule has 0 aromatic rings. The van der Waals surface area contributed by atoms with E-state index in [1.807, 2.05) is 6.08 Å². The monoisotopic (exact) mass is 704 g/mol. The molecule has 0 spiro atoms. The number of carbonyl (C=O) groups is 2. The van der Waals surface area contributed by atoms with Crippen LogP contribution >= 0.6 is 7.82 Å². The Labute approximate surface area is 291 Å². The number of aliphatic hydroxyl groups is 2. The summed E-state index contributed by atoms with van der Waals surface area (Å²) in [6, 6.07) is 0. The summed E-state index contributed by atoms with van der Waals surface area (Å²) in [6.07, 6.45) is 30.3. The van der Waals surface area contributed by atoms with Crippen LogP contribution in [0.1, 0.15) is 162 Å². The number of esters is 2. The molecule has 0 amide bonds. The van der Waals surface area contributed by atoms with Crippen LogP contribution in [-0.2, 0) is 32.7 Å². The third kappa shape index (κ3) is 33.0. The maximum absolute atomic E-state index is 12.5. The number of ether oxygens (including phenoxy) is 2. The molecule has 0 fully saturated rings. The third-order valence-electron chi connectivity index (χ3n) is 7.86. The molecule has 11 heteroatoms. The first-order valence-electron chi connectivity index (χ1n) is 18.8. The predicted molar refractivity (Wildman–Crippen MR) is 191 cm³/mol. The summed E-state index contributed by atoms with van der Waals surface area (Å²) < 4.78 is 32.4. The van der Waals surface area contributed by atoms with Crippen molar-refractivity contribution in [3.05, 3.63) is 24.3 Å². The van der Waals surface area contributed by atoms with Gasteiger partial charge < -0.3 is 24.6 Å². The second kappa shape index (κ2) is 33.9. The number of phosphoric ester groups is 1. The van der Waals surface area contributed by atoms with Gasteiger partial charge in [-0.05, 0) is 38.5 Å². The van der Waals surface area contributed by atoms with E-state index >= 15 is 0 Å². The van der Waals surface area contributed by atoms with Gasteiger partial charge in [0.25, 0.3) is 0 Å². The largest absolute Gasteiger partial charge is 0.472 e. The van der Waals surface area contributed by atoms with Gasteiger partial charge in [0.1, 0.15) is 12.7 Å². The second-order valence-electron chi connectivity index (χ2n) is 12.6. The van der Waals surface area contributed by atoms with Gasteiger partial charge in [0.15, 0.2) is 6.10 Å². The second-order valence-corrected chi connectivity index (χ2v) is 14.1. The quantitative estimate of drug-likeness (QED) is 0.0252. The van der Waals surface area contributed by atoms with Crippen molar-refractivity contribution in [2.24, 2.45) is 0 Å². The molecule has 1 unspecified atom stereocenters. The lowest BCUT2D eigenvalue weighted by Gasteiger charge is -2.20. The Balaban J connectivity index is 4.40. The van der Waals surface area contributed by atoms with Crippen molar-refractivity contribution >= 4 is 19.8 Å². The van der Waals surface area contributed by atoms with E-state index in [0.29, 0.717) is 19.3 Å². The van der Waals surface area contributed by atoms with Gasteiger partial charge in [-0.15, -0.1) is 0 Å². The molecule has 0 aromatic heterocycles. The highest BCUT2D eigenvalue weighted by Gasteiger charge is 2.27. The zero-order valence-electron chi connectivity index (χ0n) is 30.2. The first kappa shape index (κ1) is 46.5. The van der Waals surface area contributed by atoms with Crippen LogP contribution in [-0.4, -0.2) is 65.7 Å². The molecule has 0 aromatic carbocycles. The number of aliphatic hydroxyl groups excluding tert-OH is 2. The SMILES string of the molecule is CCCCCCCCCCC/C=C/C/C=C/CCCC(=O)O[C@H](COC(=O)CCCCCCCCCC)COP(=O)(O)OC[C@@H](O)CO. The van der Waals surface area contributed by atoms with Crippen LogP contribution in [0, 0.1) is 0 Å². The number of rotatable bonds is 35. The zero-order valence-corrected chi connectivity index (χ0v) is 31.1. The van der Waals surface area contributed by atoms with Gasteiger partial charge in [-0.2, -0.15) is 0 Å². The van der Waals surface area contributed by atoms with Gasteiger partial charge in [0, 0.05) is 12.8 Å². The minimum Gasteiger partial charge on any atom is -0.462 e. The predicted octanol–water partition coefficient (Wildman–Crippen LogP) is 9.05. The number of carbonyl (C=O) groups excluding carboxylic acids is 2. The molecule has 0 aliphatic rings. The molecule has 48 heavy (non-hydrogen) atoms. The van der Waals surface area contributed by atoms with E-state index in [1.54, 1.807) is 0 Å². The van der Waals surface area contributed by atoms with E-state index < -0.39 is 51.8 Å². The van der Waals surface area contributed by atoms with Crippen LogP contribution in [0.4, 0.5) is 0 Å². The first-order valence-corrected chi connectivity index (χ1v) is 20.3. The number of hydrogen-bond donors (Lipinski definition) is 3. The first-order chi connectivity index (χ1) is 23.2. The highest BCUT2D eigenvalue weighted by molar-refractivity contribution is 7.47. The van der Waals surface area contributed by atoms with Crippen molar-refractivity contribution in [3.63, 3.8) is 0 Å².